The van der Waals surface area contributed by atoms with Crippen molar-refractivity contribution >= 4 is 33.0 Å². The minimum Gasteiger partial charge on any atom is -0.379 e. The van der Waals surface area contributed by atoms with Gasteiger partial charge in [0.05, 0.1) is 17.6 Å². The Bertz CT molecular complexity index is 702. The van der Waals surface area contributed by atoms with Crippen LogP contribution in [0.2, 0.25) is 5.02 Å². The number of anilines is 2. The van der Waals surface area contributed by atoms with Gasteiger partial charge in [-0.25, -0.2) is 8.42 Å². The number of hydrogen-bond acceptors (Lipinski definition) is 3. The van der Waals surface area contributed by atoms with Crippen LogP contribution in [0.5, 0.6) is 0 Å². The highest BCUT2D eigenvalue weighted by Gasteiger charge is 2.06. The van der Waals surface area contributed by atoms with E-state index in [0.29, 0.717) is 17.3 Å². The van der Waals surface area contributed by atoms with Crippen LogP contribution >= 0.6 is 11.6 Å². The van der Waals surface area contributed by atoms with Gasteiger partial charge in [-0.3, -0.25) is 4.72 Å². The van der Waals surface area contributed by atoms with E-state index in [0.717, 1.165) is 17.5 Å². The maximum Gasteiger partial charge on any atom is 0.229 e. The van der Waals surface area contributed by atoms with Crippen molar-refractivity contribution in [3.8, 4) is 0 Å². The molecule has 0 saturated carbocycles. The van der Waals surface area contributed by atoms with Gasteiger partial charge in [-0.2, -0.15) is 0 Å². The van der Waals surface area contributed by atoms with Crippen molar-refractivity contribution in [2.45, 2.75) is 6.54 Å². The summed E-state index contributed by atoms with van der Waals surface area (Å²) in [6.45, 7) is 0.559. The fraction of sp³-hybridized carbons (Fsp3) is 0.143. The summed E-state index contributed by atoms with van der Waals surface area (Å²) in [4.78, 5) is 0. The zero-order valence-electron chi connectivity index (χ0n) is 10.9. The first-order valence-electron chi connectivity index (χ1n) is 5.99. The van der Waals surface area contributed by atoms with Crippen LogP contribution in [0.3, 0.4) is 0 Å². The van der Waals surface area contributed by atoms with E-state index in [1.54, 1.807) is 12.1 Å². The number of benzene rings is 2. The monoisotopic (exact) mass is 310 g/mol. The molecule has 2 aromatic carbocycles. The van der Waals surface area contributed by atoms with Gasteiger partial charge in [0, 0.05) is 11.6 Å². The van der Waals surface area contributed by atoms with Gasteiger partial charge < -0.3 is 5.32 Å². The normalized spacial score (nSPS) is 11.1. The average Bonchev–Trinajstić information content (AvgIpc) is 2.36. The SMILES string of the molecule is CS(=O)(=O)Nc1ccccc1NCc1cccc(Cl)c1. The largest absolute Gasteiger partial charge is 0.379 e. The Labute approximate surface area is 123 Å². The lowest BCUT2D eigenvalue weighted by atomic mass is 10.2. The van der Waals surface area contributed by atoms with E-state index >= 15 is 0 Å². The molecular weight excluding hydrogens is 296 g/mol. The molecule has 6 heteroatoms. The predicted molar refractivity (Wildman–Crippen MR) is 83.7 cm³/mol. The zero-order valence-corrected chi connectivity index (χ0v) is 12.5. The average molecular weight is 311 g/mol. The van der Waals surface area contributed by atoms with Crippen molar-refractivity contribution in [1.82, 2.24) is 0 Å². The van der Waals surface area contributed by atoms with Gasteiger partial charge in [-0.15, -0.1) is 0 Å². The molecule has 0 spiro atoms. The summed E-state index contributed by atoms with van der Waals surface area (Å²) in [5.41, 5.74) is 2.27. The Morgan fingerprint density at radius 1 is 1.05 bits per heavy atom. The molecule has 20 heavy (non-hydrogen) atoms. The Morgan fingerprint density at radius 3 is 2.40 bits per heavy atom. The lowest BCUT2D eigenvalue weighted by Gasteiger charge is -2.12. The molecule has 0 saturated heterocycles. The number of para-hydroxylation sites is 2. The van der Waals surface area contributed by atoms with E-state index in [4.69, 9.17) is 11.6 Å². The number of halogens is 1. The standard InChI is InChI=1S/C14H15ClN2O2S/c1-20(18,19)17-14-8-3-2-7-13(14)16-10-11-5-4-6-12(15)9-11/h2-9,16-17H,10H2,1H3. The third-order valence-corrected chi connectivity index (χ3v) is 3.42. The lowest BCUT2D eigenvalue weighted by molar-refractivity contribution is 0.607. The molecule has 106 valence electrons. The summed E-state index contributed by atoms with van der Waals surface area (Å²) in [5, 5.41) is 3.87. The Hall–Kier alpha value is -1.72. The Kier molecular flexibility index (Phi) is 4.52. The molecule has 0 radical (unpaired) electrons. The van der Waals surface area contributed by atoms with Crippen molar-refractivity contribution in [2.24, 2.45) is 0 Å². The topological polar surface area (TPSA) is 58.2 Å². The maximum absolute atomic E-state index is 11.3. The highest BCUT2D eigenvalue weighted by molar-refractivity contribution is 7.92. The molecule has 2 N–H and O–H groups in total. The van der Waals surface area contributed by atoms with Crippen molar-refractivity contribution in [3.63, 3.8) is 0 Å². The second kappa shape index (κ2) is 6.15. The first kappa shape index (κ1) is 14.7. The highest BCUT2D eigenvalue weighted by Crippen LogP contribution is 2.23. The molecule has 0 aliphatic carbocycles. The molecular formula is C14H15ClN2O2S. The van der Waals surface area contributed by atoms with Gasteiger partial charge in [0.1, 0.15) is 0 Å². The van der Waals surface area contributed by atoms with Crippen LogP contribution in [-0.4, -0.2) is 14.7 Å². The summed E-state index contributed by atoms with van der Waals surface area (Å²) in [6, 6.07) is 14.6. The van der Waals surface area contributed by atoms with Crippen molar-refractivity contribution in [3.05, 3.63) is 59.1 Å². The van der Waals surface area contributed by atoms with E-state index in [1.807, 2.05) is 36.4 Å². The van der Waals surface area contributed by atoms with E-state index in [2.05, 4.69) is 10.0 Å². The third-order valence-electron chi connectivity index (χ3n) is 2.59. The molecule has 0 amide bonds. The van der Waals surface area contributed by atoms with Gasteiger partial charge in [0.15, 0.2) is 0 Å². The van der Waals surface area contributed by atoms with Crippen LogP contribution < -0.4 is 10.0 Å². The number of nitrogens with one attached hydrogen (secondary N) is 2. The first-order valence-corrected chi connectivity index (χ1v) is 8.26. The molecule has 0 fully saturated rings. The smallest absolute Gasteiger partial charge is 0.229 e. The van der Waals surface area contributed by atoms with E-state index in [9.17, 15) is 8.42 Å². The Morgan fingerprint density at radius 2 is 1.75 bits per heavy atom. The van der Waals surface area contributed by atoms with E-state index in [-0.39, 0.29) is 0 Å². The Balaban J connectivity index is 2.13. The quantitative estimate of drug-likeness (QED) is 0.890. The number of hydrogen-bond donors (Lipinski definition) is 2. The molecule has 4 nitrogen and oxygen atoms in total. The van der Waals surface area contributed by atoms with Gasteiger partial charge in [0.25, 0.3) is 0 Å². The van der Waals surface area contributed by atoms with Crippen LogP contribution in [0.25, 0.3) is 0 Å². The van der Waals surface area contributed by atoms with Gasteiger partial charge >= 0.3 is 0 Å². The minimum absolute atomic E-state index is 0.525. The van der Waals surface area contributed by atoms with Crippen molar-refractivity contribution < 1.29 is 8.42 Å². The summed E-state index contributed by atoms with van der Waals surface area (Å²) in [6.07, 6.45) is 1.13. The fourth-order valence-corrected chi connectivity index (χ4v) is 2.56. The molecule has 0 heterocycles. The molecule has 0 bridgehead atoms. The first-order chi connectivity index (χ1) is 9.44. The van der Waals surface area contributed by atoms with Crippen molar-refractivity contribution in [1.29, 1.82) is 0 Å². The van der Waals surface area contributed by atoms with Crippen LogP contribution in [0.4, 0.5) is 11.4 Å². The highest BCUT2D eigenvalue weighted by atomic mass is 35.5. The number of rotatable bonds is 5. The molecule has 0 atom stereocenters. The number of sulfonamides is 1. The van der Waals surface area contributed by atoms with Crippen LogP contribution in [0.1, 0.15) is 5.56 Å². The van der Waals surface area contributed by atoms with Crippen LogP contribution in [-0.2, 0) is 16.6 Å². The van der Waals surface area contributed by atoms with Gasteiger partial charge in [-0.1, -0.05) is 35.9 Å². The second-order valence-corrected chi connectivity index (χ2v) is 6.59. The minimum atomic E-state index is -3.30. The van der Waals surface area contributed by atoms with Crippen LogP contribution in [0, 0.1) is 0 Å². The molecule has 2 rings (SSSR count). The fourth-order valence-electron chi connectivity index (χ4n) is 1.77. The van der Waals surface area contributed by atoms with Gasteiger partial charge in [0.2, 0.25) is 10.0 Å². The molecule has 0 unspecified atom stereocenters. The third kappa shape index (κ3) is 4.43. The summed E-state index contributed by atoms with van der Waals surface area (Å²) in [5.74, 6) is 0. The van der Waals surface area contributed by atoms with Crippen molar-refractivity contribution in [2.75, 3.05) is 16.3 Å². The second-order valence-electron chi connectivity index (χ2n) is 4.40. The molecule has 0 aliphatic heterocycles. The van der Waals surface area contributed by atoms with Crippen LogP contribution in [0.15, 0.2) is 48.5 Å². The van der Waals surface area contributed by atoms with Gasteiger partial charge in [-0.05, 0) is 29.8 Å². The summed E-state index contributed by atoms with van der Waals surface area (Å²) >= 11 is 5.93. The van der Waals surface area contributed by atoms with E-state index in [1.165, 1.54) is 0 Å². The predicted octanol–water partition coefficient (Wildman–Crippen LogP) is 3.32. The molecule has 2 aromatic rings. The lowest BCUT2D eigenvalue weighted by Crippen LogP contribution is -2.11. The molecule has 0 aromatic heterocycles. The summed E-state index contributed by atoms with van der Waals surface area (Å²) < 4.78 is 25.1. The zero-order chi connectivity index (χ0) is 14.6. The maximum atomic E-state index is 11.3. The molecule has 0 aliphatic rings. The summed E-state index contributed by atoms with van der Waals surface area (Å²) in [7, 11) is -3.30. The van der Waals surface area contributed by atoms with E-state index < -0.39 is 10.0 Å².